The summed E-state index contributed by atoms with van der Waals surface area (Å²) in [5.74, 6) is 0.300. The van der Waals surface area contributed by atoms with Crippen molar-refractivity contribution in [3.05, 3.63) is 12.7 Å². The van der Waals surface area contributed by atoms with Crippen molar-refractivity contribution in [2.45, 2.75) is 51.5 Å². The highest BCUT2D eigenvalue weighted by Crippen LogP contribution is 2.05. The van der Waals surface area contributed by atoms with Gasteiger partial charge in [-0.15, -0.1) is 6.58 Å². The monoisotopic (exact) mass is 183 g/mol. The van der Waals surface area contributed by atoms with Gasteiger partial charge in [-0.2, -0.15) is 0 Å². The van der Waals surface area contributed by atoms with E-state index in [0.29, 0.717) is 18.6 Å². The summed E-state index contributed by atoms with van der Waals surface area (Å²) in [5.41, 5.74) is 5.51. The van der Waals surface area contributed by atoms with E-state index in [-0.39, 0.29) is 6.04 Å². The van der Waals surface area contributed by atoms with Crippen LogP contribution in [0.2, 0.25) is 0 Å². The van der Waals surface area contributed by atoms with Crippen LogP contribution in [0.15, 0.2) is 12.7 Å². The highest BCUT2D eigenvalue weighted by Gasteiger charge is 2.03. The Morgan fingerprint density at radius 2 is 2.15 bits per heavy atom. The number of carbonyl (C=O) groups excluding carboxylic acids is 1. The molecule has 2 heteroatoms. The van der Waals surface area contributed by atoms with Gasteiger partial charge in [0.15, 0.2) is 0 Å². The fraction of sp³-hybridized carbons (Fsp3) is 0.727. The number of nitrogens with two attached hydrogens (primary N) is 1. The number of hydrogen-bond acceptors (Lipinski definition) is 2. The molecule has 1 unspecified atom stereocenters. The van der Waals surface area contributed by atoms with Gasteiger partial charge in [0, 0.05) is 18.9 Å². The summed E-state index contributed by atoms with van der Waals surface area (Å²) in [6.45, 7) is 5.52. The topological polar surface area (TPSA) is 43.1 Å². The van der Waals surface area contributed by atoms with Crippen molar-refractivity contribution >= 4 is 5.78 Å². The van der Waals surface area contributed by atoms with Crippen LogP contribution in [-0.2, 0) is 4.79 Å². The summed E-state index contributed by atoms with van der Waals surface area (Å²) in [6, 6.07) is 0.0145. The Morgan fingerprint density at radius 1 is 1.46 bits per heavy atom. The summed E-state index contributed by atoms with van der Waals surface area (Å²) < 4.78 is 0. The van der Waals surface area contributed by atoms with Gasteiger partial charge in [-0.05, 0) is 26.2 Å². The molecule has 0 aliphatic carbocycles. The average molecular weight is 183 g/mol. The van der Waals surface area contributed by atoms with Crippen LogP contribution in [-0.4, -0.2) is 11.8 Å². The van der Waals surface area contributed by atoms with Crippen molar-refractivity contribution < 1.29 is 4.79 Å². The first-order valence-electron chi connectivity index (χ1n) is 5.05. The molecular formula is C11H21NO. The van der Waals surface area contributed by atoms with Crippen LogP contribution in [0.1, 0.15) is 45.4 Å². The second-order valence-corrected chi connectivity index (χ2v) is 3.61. The van der Waals surface area contributed by atoms with E-state index >= 15 is 0 Å². The predicted octanol–water partition coefficient (Wildman–Crippen LogP) is 2.43. The molecule has 0 bridgehead atoms. The summed E-state index contributed by atoms with van der Waals surface area (Å²) >= 11 is 0. The normalized spacial score (nSPS) is 12.5. The first kappa shape index (κ1) is 12.4. The number of unbranched alkanes of at least 4 members (excludes halogenated alkanes) is 3. The molecule has 2 N–H and O–H groups in total. The lowest BCUT2D eigenvalue weighted by molar-refractivity contribution is -0.119. The summed E-state index contributed by atoms with van der Waals surface area (Å²) in [4.78, 5) is 11.2. The zero-order valence-corrected chi connectivity index (χ0v) is 8.59. The Balaban J connectivity index is 3.22. The van der Waals surface area contributed by atoms with Crippen molar-refractivity contribution in [1.29, 1.82) is 0 Å². The number of rotatable bonds is 8. The van der Waals surface area contributed by atoms with Gasteiger partial charge in [0.2, 0.25) is 0 Å². The van der Waals surface area contributed by atoms with Crippen LogP contribution in [0.4, 0.5) is 0 Å². The molecule has 0 aromatic heterocycles. The molecule has 0 aliphatic rings. The van der Waals surface area contributed by atoms with E-state index in [9.17, 15) is 4.79 Å². The lowest BCUT2D eigenvalue weighted by Gasteiger charge is -2.03. The van der Waals surface area contributed by atoms with Gasteiger partial charge in [-0.25, -0.2) is 0 Å². The minimum Gasteiger partial charge on any atom is -0.328 e. The predicted molar refractivity (Wildman–Crippen MR) is 56.6 cm³/mol. The lowest BCUT2D eigenvalue weighted by atomic mass is 10.1. The van der Waals surface area contributed by atoms with Gasteiger partial charge in [0.25, 0.3) is 0 Å². The van der Waals surface area contributed by atoms with Gasteiger partial charge in [-0.3, -0.25) is 4.79 Å². The van der Waals surface area contributed by atoms with Crippen molar-refractivity contribution in [2.75, 3.05) is 0 Å². The van der Waals surface area contributed by atoms with E-state index in [2.05, 4.69) is 6.58 Å². The second-order valence-electron chi connectivity index (χ2n) is 3.61. The number of Topliss-reactive ketones (excluding diaryl/α,β-unsaturated/α-hetero) is 1. The Kier molecular flexibility index (Phi) is 7.60. The molecule has 0 aromatic carbocycles. The molecule has 0 amide bonds. The molecule has 0 aliphatic heterocycles. The van der Waals surface area contributed by atoms with Crippen LogP contribution in [0, 0.1) is 0 Å². The fourth-order valence-corrected chi connectivity index (χ4v) is 1.25. The summed E-state index contributed by atoms with van der Waals surface area (Å²) in [6.07, 6.45) is 7.47. The number of allylic oxidation sites excluding steroid dienone is 1. The second kappa shape index (κ2) is 7.99. The first-order valence-corrected chi connectivity index (χ1v) is 5.05. The molecule has 0 saturated heterocycles. The van der Waals surface area contributed by atoms with Crippen LogP contribution in [0.3, 0.4) is 0 Å². The number of carbonyl (C=O) groups is 1. The summed E-state index contributed by atoms with van der Waals surface area (Å²) in [7, 11) is 0. The molecule has 0 spiro atoms. The van der Waals surface area contributed by atoms with Crippen LogP contribution in [0.5, 0.6) is 0 Å². The Bertz CT molecular complexity index is 152. The molecule has 0 aromatic rings. The lowest BCUT2D eigenvalue weighted by Crippen LogP contribution is -2.19. The maximum atomic E-state index is 11.2. The fourth-order valence-electron chi connectivity index (χ4n) is 1.25. The minimum atomic E-state index is 0.0145. The maximum Gasteiger partial charge on any atom is 0.134 e. The Labute approximate surface area is 81.2 Å². The molecule has 0 fully saturated rings. The van der Waals surface area contributed by atoms with E-state index in [1.165, 1.54) is 0 Å². The molecular weight excluding hydrogens is 162 g/mol. The first-order chi connectivity index (χ1) is 6.16. The third kappa shape index (κ3) is 9.28. The van der Waals surface area contributed by atoms with Crippen LogP contribution < -0.4 is 5.73 Å². The highest BCUT2D eigenvalue weighted by atomic mass is 16.1. The quantitative estimate of drug-likeness (QED) is 0.464. The van der Waals surface area contributed by atoms with E-state index in [1.54, 1.807) is 0 Å². The standard InChI is InChI=1S/C11H21NO/c1-3-4-5-6-7-8-11(13)9-10(2)12/h3,10H,1,4-9,12H2,2H3. The van der Waals surface area contributed by atoms with E-state index in [1.807, 2.05) is 13.0 Å². The van der Waals surface area contributed by atoms with E-state index < -0.39 is 0 Å². The SMILES string of the molecule is C=CCCCCCC(=O)CC(C)N. The smallest absolute Gasteiger partial charge is 0.134 e. The van der Waals surface area contributed by atoms with Crippen LogP contribution in [0.25, 0.3) is 0 Å². The summed E-state index contributed by atoms with van der Waals surface area (Å²) in [5, 5.41) is 0. The molecule has 76 valence electrons. The third-order valence-corrected chi connectivity index (χ3v) is 1.91. The molecule has 0 rings (SSSR count). The van der Waals surface area contributed by atoms with Gasteiger partial charge < -0.3 is 5.73 Å². The van der Waals surface area contributed by atoms with E-state index in [0.717, 1.165) is 25.7 Å². The zero-order valence-electron chi connectivity index (χ0n) is 8.59. The maximum absolute atomic E-state index is 11.2. The van der Waals surface area contributed by atoms with Gasteiger partial charge in [0.1, 0.15) is 5.78 Å². The van der Waals surface area contributed by atoms with E-state index in [4.69, 9.17) is 5.73 Å². The largest absolute Gasteiger partial charge is 0.328 e. The molecule has 13 heavy (non-hydrogen) atoms. The van der Waals surface area contributed by atoms with Crippen molar-refractivity contribution in [1.82, 2.24) is 0 Å². The number of ketones is 1. The van der Waals surface area contributed by atoms with Crippen molar-refractivity contribution in [3.63, 3.8) is 0 Å². The van der Waals surface area contributed by atoms with Gasteiger partial charge in [0.05, 0.1) is 0 Å². The third-order valence-electron chi connectivity index (χ3n) is 1.91. The molecule has 0 radical (unpaired) electrons. The van der Waals surface area contributed by atoms with Crippen LogP contribution >= 0.6 is 0 Å². The minimum absolute atomic E-state index is 0.0145. The molecule has 0 heterocycles. The Morgan fingerprint density at radius 3 is 2.69 bits per heavy atom. The van der Waals surface area contributed by atoms with Gasteiger partial charge >= 0.3 is 0 Å². The average Bonchev–Trinajstić information content (AvgIpc) is 2.02. The zero-order chi connectivity index (χ0) is 10.1. The molecule has 2 nitrogen and oxygen atoms in total. The van der Waals surface area contributed by atoms with Crippen molar-refractivity contribution in [3.8, 4) is 0 Å². The highest BCUT2D eigenvalue weighted by molar-refractivity contribution is 5.78. The molecule has 1 atom stereocenters. The van der Waals surface area contributed by atoms with Crippen molar-refractivity contribution in [2.24, 2.45) is 5.73 Å². The molecule has 0 saturated carbocycles. The Hall–Kier alpha value is -0.630. The van der Waals surface area contributed by atoms with Gasteiger partial charge in [-0.1, -0.05) is 12.5 Å². The number of hydrogen-bond donors (Lipinski definition) is 1.